The van der Waals surface area contributed by atoms with E-state index in [1.54, 1.807) is 6.21 Å². The smallest absolute Gasteiger partial charge is 0.209 e. The van der Waals surface area contributed by atoms with Crippen LogP contribution in [0.1, 0.15) is 13.3 Å². The van der Waals surface area contributed by atoms with Gasteiger partial charge in [-0.1, -0.05) is 0 Å². The Balaban J connectivity index is 2.31. The molecular weight excluding hydrogens is 152 g/mol. The van der Waals surface area contributed by atoms with Gasteiger partial charge in [0.2, 0.25) is 10.0 Å². The molecule has 2 N–H and O–H groups in total. The zero-order valence-corrected chi connectivity index (χ0v) is 6.56. The number of primary sulfonamides is 1. The van der Waals surface area contributed by atoms with Gasteiger partial charge in [-0.2, -0.15) is 0 Å². The first-order valence-electron chi connectivity index (χ1n) is 2.98. The Hall–Kier alpha value is -0.420. The van der Waals surface area contributed by atoms with Gasteiger partial charge in [0.05, 0.1) is 11.3 Å². The summed E-state index contributed by atoms with van der Waals surface area (Å²) >= 11 is 0. The van der Waals surface area contributed by atoms with Crippen molar-refractivity contribution in [3.8, 4) is 0 Å². The van der Waals surface area contributed by atoms with E-state index < -0.39 is 10.0 Å². The van der Waals surface area contributed by atoms with Crippen molar-refractivity contribution < 1.29 is 8.42 Å². The Kier molecular flexibility index (Phi) is 1.56. The van der Waals surface area contributed by atoms with Gasteiger partial charge >= 0.3 is 0 Å². The van der Waals surface area contributed by atoms with Crippen LogP contribution in [0.25, 0.3) is 0 Å². The van der Waals surface area contributed by atoms with Crippen LogP contribution in [0, 0.1) is 0 Å². The van der Waals surface area contributed by atoms with E-state index in [-0.39, 0.29) is 11.3 Å². The van der Waals surface area contributed by atoms with Crippen molar-refractivity contribution >= 4 is 16.2 Å². The van der Waals surface area contributed by atoms with E-state index in [0.29, 0.717) is 6.42 Å². The number of aliphatic imine (C=N–C) groups is 1. The molecule has 0 aromatic carbocycles. The summed E-state index contributed by atoms with van der Waals surface area (Å²) in [7, 11) is -3.30. The summed E-state index contributed by atoms with van der Waals surface area (Å²) < 4.78 is 20.9. The molecule has 0 amide bonds. The van der Waals surface area contributed by atoms with E-state index in [0.717, 1.165) is 0 Å². The Labute approximate surface area is 60.2 Å². The second-order valence-electron chi connectivity index (χ2n) is 2.73. The van der Waals surface area contributed by atoms with E-state index in [9.17, 15) is 8.42 Å². The summed E-state index contributed by atoms with van der Waals surface area (Å²) in [5.74, 6) is 0.0174. The van der Waals surface area contributed by atoms with E-state index in [1.165, 1.54) is 0 Å². The van der Waals surface area contributed by atoms with Crippen LogP contribution >= 0.6 is 0 Å². The normalized spacial score (nSPS) is 30.6. The van der Waals surface area contributed by atoms with Crippen molar-refractivity contribution in [2.24, 2.45) is 10.1 Å². The van der Waals surface area contributed by atoms with Gasteiger partial charge in [0.1, 0.15) is 0 Å². The summed E-state index contributed by atoms with van der Waals surface area (Å²) in [5.41, 5.74) is -0.202. The average molecular weight is 162 g/mol. The molecule has 0 aliphatic carbocycles. The maximum atomic E-state index is 10.4. The van der Waals surface area contributed by atoms with Crippen molar-refractivity contribution in [3.05, 3.63) is 0 Å². The first-order valence-corrected chi connectivity index (χ1v) is 4.70. The van der Waals surface area contributed by atoms with Crippen LogP contribution in [0.3, 0.4) is 0 Å². The van der Waals surface area contributed by atoms with E-state index in [1.807, 2.05) is 6.92 Å². The molecule has 0 bridgehead atoms. The molecule has 1 aliphatic rings. The highest BCUT2D eigenvalue weighted by molar-refractivity contribution is 7.89. The topological polar surface area (TPSA) is 72.5 Å². The number of hydrogen-bond acceptors (Lipinski definition) is 3. The average Bonchev–Trinajstić information content (AvgIpc) is 2.43. The molecule has 0 aromatic heterocycles. The van der Waals surface area contributed by atoms with Gasteiger partial charge in [-0.25, -0.2) is 13.6 Å². The molecule has 10 heavy (non-hydrogen) atoms. The van der Waals surface area contributed by atoms with Crippen molar-refractivity contribution in [3.63, 3.8) is 0 Å². The summed E-state index contributed by atoms with van der Waals surface area (Å²) in [4.78, 5) is 3.89. The SMILES string of the molecule is CC1(CCS(N)(=O)=O)C=N1. The number of nitrogens with two attached hydrogens (primary N) is 1. The lowest BCUT2D eigenvalue weighted by atomic mass is 10.1. The molecule has 5 heteroatoms. The predicted octanol–water partition coefficient (Wildman–Crippen LogP) is -0.492. The van der Waals surface area contributed by atoms with Crippen molar-refractivity contribution in [2.45, 2.75) is 18.9 Å². The third kappa shape index (κ3) is 2.45. The summed E-state index contributed by atoms with van der Waals surface area (Å²) in [5, 5.41) is 4.79. The Morgan fingerprint density at radius 2 is 2.20 bits per heavy atom. The minimum absolute atomic E-state index is 0.0174. The van der Waals surface area contributed by atoms with Crippen LogP contribution in [0.2, 0.25) is 0 Å². The van der Waals surface area contributed by atoms with E-state index >= 15 is 0 Å². The van der Waals surface area contributed by atoms with Crippen molar-refractivity contribution in [2.75, 3.05) is 5.75 Å². The summed E-state index contributed by atoms with van der Waals surface area (Å²) in [6.07, 6.45) is 2.24. The molecule has 0 fully saturated rings. The lowest BCUT2D eigenvalue weighted by Gasteiger charge is -2.02. The molecule has 1 unspecified atom stereocenters. The molecule has 1 atom stereocenters. The van der Waals surface area contributed by atoms with Gasteiger partial charge in [-0.15, -0.1) is 0 Å². The Morgan fingerprint density at radius 3 is 2.50 bits per heavy atom. The molecule has 1 heterocycles. The zero-order chi connectivity index (χ0) is 7.83. The molecule has 0 radical (unpaired) electrons. The quantitative estimate of drug-likeness (QED) is 0.608. The molecule has 0 saturated heterocycles. The number of sulfonamides is 1. The van der Waals surface area contributed by atoms with Gasteiger partial charge < -0.3 is 0 Å². The zero-order valence-electron chi connectivity index (χ0n) is 5.74. The number of hydrogen-bond donors (Lipinski definition) is 1. The molecule has 58 valence electrons. The fourth-order valence-electron chi connectivity index (χ4n) is 0.588. The molecule has 1 aliphatic heterocycles. The predicted molar refractivity (Wildman–Crippen MR) is 39.5 cm³/mol. The summed E-state index contributed by atoms with van der Waals surface area (Å²) in [6.45, 7) is 1.87. The fraction of sp³-hybridized carbons (Fsp3) is 0.800. The third-order valence-corrected chi connectivity index (χ3v) is 2.24. The van der Waals surface area contributed by atoms with Gasteiger partial charge in [0.25, 0.3) is 0 Å². The molecule has 0 spiro atoms. The Morgan fingerprint density at radius 1 is 1.70 bits per heavy atom. The highest BCUT2D eigenvalue weighted by Gasteiger charge is 2.31. The van der Waals surface area contributed by atoms with Gasteiger partial charge in [-0.3, -0.25) is 4.99 Å². The second kappa shape index (κ2) is 2.03. The summed E-state index contributed by atoms with van der Waals surface area (Å²) in [6, 6.07) is 0. The monoisotopic (exact) mass is 162 g/mol. The largest absolute Gasteiger partial charge is 0.283 e. The lowest BCUT2D eigenvalue weighted by molar-refractivity contribution is 0.588. The maximum absolute atomic E-state index is 10.4. The number of nitrogens with zero attached hydrogens (tertiary/aromatic N) is 1. The molecular formula is C5H10N2O2S. The highest BCUT2D eigenvalue weighted by Crippen LogP contribution is 2.23. The van der Waals surface area contributed by atoms with E-state index in [2.05, 4.69) is 4.99 Å². The van der Waals surface area contributed by atoms with Gasteiger partial charge in [-0.05, 0) is 13.3 Å². The van der Waals surface area contributed by atoms with Gasteiger partial charge in [0, 0.05) is 6.21 Å². The van der Waals surface area contributed by atoms with Crippen LogP contribution in [0.4, 0.5) is 0 Å². The van der Waals surface area contributed by atoms with Crippen LogP contribution < -0.4 is 5.14 Å². The minimum atomic E-state index is -3.30. The molecule has 1 rings (SSSR count). The number of rotatable bonds is 3. The fourth-order valence-corrected chi connectivity index (χ4v) is 1.29. The standard InChI is InChI=1S/C5H10N2O2S/c1-5(4-7-5)2-3-10(6,8)9/h4H,2-3H2,1H3,(H2,6,8,9). The third-order valence-electron chi connectivity index (χ3n) is 1.46. The van der Waals surface area contributed by atoms with E-state index in [4.69, 9.17) is 5.14 Å². The molecule has 0 aromatic rings. The second-order valence-corrected chi connectivity index (χ2v) is 4.47. The highest BCUT2D eigenvalue weighted by atomic mass is 32.2. The molecule has 4 nitrogen and oxygen atoms in total. The van der Waals surface area contributed by atoms with Crippen LogP contribution in [-0.2, 0) is 10.0 Å². The van der Waals surface area contributed by atoms with Crippen molar-refractivity contribution in [1.29, 1.82) is 0 Å². The first-order chi connectivity index (χ1) is 4.41. The maximum Gasteiger partial charge on any atom is 0.209 e. The lowest BCUT2D eigenvalue weighted by Crippen LogP contribution is -2.21. The van der Waals surface area contributed by atoms with Crippen LogP contribution in [0.5, 0.6) is 0 Å². The molecule has 0 saturated carbocycles. The van der Waals surface area contributed by atoms with Crippen molar-refractivity contribution in [1.82, 2.24) is 0 Å². The van der Waals surface area contributed by atoms with Crippen LogP contribution in [-0.4, -0.2) is 25.9 Å². The Bertz CT molecular complexity index is 249. The van der Waals surface area contributed by atoms with Crippen LogP contribution in [0.15, 0.2) is 4.99 Å². The minimum Gasteiger partial charge on any atom is -0.283 e. The first kappa shape index (κ1) is 7.68. The van der Waals surface area contributed by atoms with Gasteiger partial charge in [0.15, 0.2) is 0 Å².